The fourth-order valence-electron chi connectivity index (χ4n) is 5.41. The van der Waals surface area contributed by atoms with Gasteiger partial charge in [-0.25, -0.2) is 0 Å². The zero-order chi connectivity index (χ0) is 23.4. The first-order chi connectivity index (χ1) is 17.3. The van der Waals surface area contributed by atoms with Gasteiger partial charge in [-0.15, -0.1) is 10.2 Å². The predicted octanol–water partition coefficient (Wildman–Crippen LogP) is 7.60. The number of benzene rings is 4. The van der Waals surface area contributed by atoms with E-state index in [9.17, 15) is 0 Å². The van der Waals surface area contributed by atoms with Crippen LogP contribution < -0.4 is 0 Å². The van der Waals surface area contributed by atoms with Crippen molar-refractivity contribution in [3.63, 3.8) is 0 Å². The van der Waals surface area contributed by atoms with Crippen LogP contribution in [0, 0.1) is 0 Å². The first kappa shape index (κ1) is 20.0. The number of aryl methyl sites for hydroxylation is 1. The Balaban J connectivity index is 1.39. The predicted molar refractivity (Wildman–Crippen MR) is 144 cm³/mol. The first-order valence-electron chi connectivity index (χ1n) is 12.2. The molecule has 0 amide bonds. The SMILES string of the molecule is CCCc1cn2c(-c3ccc(-n4c5ccccc5c5ccccc54)cc3)nnc2c2ccccc12. The molecule has 4 aromatic carbocycles. The van der Waals surface area contributed by atoms with Gasteiger partial charge in [-0.2, -0.15) is 0 Å². The number of hydrogen-bond acceptors (Lipinski definition) is 2. The Morgan fingerprint density at radius 3 is 1.89 bits per heavy atom. The summed E-state index contributed by atoms with van der Waals surface area (Å²) in [6.45, 7) is 2.22. The summed E-state index contributed by atoms with van der Waals surface area (Å²) >= 11 is 0. The Kier molecular flexibility index (Phi) is 4.46. The van der Waals surface area contributed by atoms with E-state index in [-0.39, 0.29) is 0 Å². The Labute approximate surface area is 203 Å². The van der Waals surface area contributed by atoms with Crippen LogP contribution in [-0.4, -0.2) is 19.2 Å². The molecule has 168 valence electrons. The smallest absolute Gasteiger partial charge is 0.168 e. The summed E-state index contributed by atoms with van der Waals surface area (Å²) in [6.07, 6.45) is 4.35. The van der Waals surface area contributed by atoms with Gasteiger partial charge >= 0.3 is 0 Å². The number of pyridine rings is 1. The zero-order valence-corrected chi connectivity index (χ0v) is 19.5. The molecule has 0 atom stereocenters. The summed E-state index contributed by atoms with van der Waals surface area (Å²) in [7, 11) is 0. The summed E-state index contributed by atoms with van der Waals surface area (Å²) in [6, 6.07) is 34.4. The Hall–Kier alpha value is -4.44. The minimum Gasteiger partial charge on any atom is -0.309 e. The summed E-state index contributed by atoms with van der Waals surface area (Å²) < 4.78 is 4.49. The maximum Gasteiger partial charge on any atom is 0.168 e. The fourth-order valence-corrected chi connectivity index (χ4v) is 5.41. The van der Waals surface area contributed by atoms with E-state index in [1.54, 1.807) is 0 Å². The normalized spacial score (nSPS) is 11.8. The second-order valence-corrected chi connectivity index (χ2v) is 9.08. The van der Waals surface area contributed by atoms with E-state index in [0.29, 0.717) is 0 Å². The van der Waals surface area contributed by atoms with Crippen LogP contribution >= 0.6 is 0 Å². The molecule has 7 aromatic rings. The van der Waals surface area contributed by atoms with Gasteiger partial charge in [0.1, 0.15) is 0 Å². The molecule has 0 saturated carbocycles. The Morgan fingerprint density at radius 2 is 1.23 bits per heavy atom. The molecule has 35 heavy (non-hydrogen) atoms. The highest BCUT2D eigenvalue weighted by Crippen LogP contribution is 2.33. The van der Waals surface area contributed by atoms with Crippen LogP contribution in [0.5, 0.6) is 0 Å². The lowest BCUT2D eigenvalue weighted by Crippen LogP contribution is -1.97. The molecular weight excluding hydrogens is 428 g/mol. The third kappa shape index (κ3) is 3.00. The van der Waals surface area contributed by atoms with Gasteiger partial charge in [-0.05, 0) is 53.8 Å². The molecule has 4 heteroatoms. The lowest BCUT2D eigenvalue weighted by molar-refractivity contribution is 0.918. The van der Waals surface area contributed by atoms with Crippen molar-refractivity contribution in [1.29, 1.82) is 0 Å². The minimum absolute atomic E-state index is 0.872. The van der Waals surface area contributed by atoms with E-state index in [4.69, 9.17) is 0 Å². The topological polar surface area (TPSA) is 35.1 Å². The molecule has 0 spiro atoms. The molecule has 0 N–H and O–H groups in total. The highest BCUT2D eigenvalue weighted by atomic mass is 15.2. The van der Waals surface area contributed by atoms with Gasteiger partial charge in [-0.1, -0.05) is 74.0 Å². The molecular formula is C31H24N4. The van der Waals surface area contributed by atoms with Gasteiger partial charge in [0.15, 0.2) is 11.5 Å². The largest absolute Gasteiger partial charge is 0.309 e. The van der Waals surface area contributed by atoms with Crippen LogP contribution in [0.25, 0.3) is 55.3 Å². The van der Waals surface area contributed by atoms with Crippen molar-refractivity contribution >= 4 is 38.2 Å². The van der Waals surface area contributed by atoms with Crippen LogP contribution in [0.3, 0.4) is 0 Å². The summed E-state index contributed by atoms with van der Waals surface area (Å²) in [5, 5.41) is 14.2. The molecule has 0 radical (unpaired) electrons. The molecule has 0 unspecified atom stereocenters. The minimum atomic E-state index is 0.872. The van der Waals surface area contributed by atoms with Crippen molar-refractivity contribution in [3.05, 3.63) is 109 Å². The van der Waals surface area contributed by atoms with Gasteiger partial charge < -0.3 is 4.57 Å². The number of para-hydroxylation sites is 2. The van der Waals surface area contributed by atoms with Crippen molar-refractivity contribution in [1.82, 2.24) is 19.2 Å². The number of nitrogens with zero attached hydrogens (tertiary/aromatic N) is 4. The average Bonchev–Trinajstić information content (AvgIpc) is 3.49. The van der Waals surface area contributed by atoms with Gasteiger partial charge in [0.25, 0.3) is 0 Å². The second kappa shape index (κ2) is 7.81. The lowest BCUT2D eigenvalue weighted by atomic mass is 10.0. The molecule has 3 heterocycles. The maximum absolute atomic E-state index is 4.62. The summed E-state index contributed by atoms with van der Waals surface area (Å²) in [4.78, 5) is 0. The molecule has 0 bridgehead atoms. The molecule has 0 saturated heterocycles. The van der Waals surface area contributed by atoms with E-state index < -0.39 is 0 Å². The van der Waals surface area contributed by atoms with Crippen molar-refractivity contribution in [2.24, 2.45) is 0 Å². The highest BCUT2D eigenvalue weighted by Gasteiger charge is 2.15. The third-order valence-corrected chi connectivity index (χ3v) is 6.98. The maximum atomic E-state index is 4.62. The van der Waals surface area contributed by atoms with Crippen LogP contribution in [0.15, 0.2) is 103 Å². The fraction of sp³-hybridized carbons (Fsp3) is 0.0968. The molecule has 0 aliphatic heterocycles. The number of fused-ring (bicyclic) bond motifs is 6. The molecule has 0 fully saturated rings. The van der Waals surface area contributed by atoms with E-state index >= 15 is 0 Å². The molecule has 0 aliphatic carbocycles. The summed E-state index contributed by atoms with van der Waals surface area (Å²) in [5.74, 6) is 0.872. The van der Waals surface area contributed by atoms with Gasteiger partial charge in [0.05, 0.1) is 11.0 Å². The van der Waals surface area contributed by atoms with Crippen LogP contribution in [0.2, 0.25) is 0 Å². The lowest BCUT2D eigenvalue weighted by Gasteiger charge is -2.10. The Bertz CT molecular complexity index is 1800. The van der Waals surface area contributed by atoms with Crippen LogP contribution in [0.4, 0.5) is 0 Å². The van der Waals surface area contributed by atoms with Crippen LogP contribution in [0.1, 0.15) is 18.9 Å². The van der Waals surface area contributed by atoms with Gasteiger partial charge in [-0.3, -0.25) is 4.40 Å². The first-order valence-corrected chi connectivity index (χ1v) is 12.2. The quantitative estimate of drug-likeness (QED) is 0.276. The standard InChI is InChI=1S/C31H24N4/c1-2-9-22-20-34-30(32-33-31(34)27-13-4-3-10-24(22)27)21-16-18-23(19-17-21)35-28-14-7-5-11-25(28)26-12-6-8-15-29(26)35/h3-8,10-20H,2,9H2,1H3. The van der Waals surface area contributed by atoms with E-state index in [0.717, 1.165) is 41.0 Å². The molecule has 4 nitrogen and oxygen atoms in total. The number of rotatable bonds is 4. The van der Waals surface area contributed by atoms with E-state index in [1.807, 2.05) is 0 Å². The van der Waals surface area contributed by atoms with E-state index in [2.05, 4.69) is 129 Å². The number of aromatic nitrogens is 4. The van der Waals surface area contributed by atoms with Gasteiger partial charge in [0.2, 0.25) is 0 Å². The van der Waals surface area contributed by atoms with Crippen molar-refractivity contribution in [3.8, 4) is 17.1 Å². The van der Waals surface area contributed by atoms with Crippen molar-refractivity contribution in [2.75, 3.05) is 0 Å². The monoisotopic (exact) mass is 452 g/mol. The molecule has 3 aromatic heterocycles. The second-order valence-electron chi connectivity index (χ2n) is 9.08. The van der Waals surface area contributed by atoms with Gasteiger partial charge in [0, 0.05) is 33.6 Å². The highest BCUT2D eigenvalue weighted by molar-refractivity contribution is 6.09. The van der Waals surface area contributed by atoms with Crippen LogP contribution in [-0.2, 0) is 6.42 Å². The third-order valence-electron chi connectivity index (χ3n) is 6.98. The van der Waals surface area contributed by atoms with Crippen molar-refractivity contribution in [2.45, 2.75) is 19.8 Å². The molecule has 7 rings (SSSR count). The average molecular weight is 453 g/mol. The van der Waals surface area contributed by atoms with E-state index in [1.165, 1.54) is 32.8 Å². The Morgan fingerprint density at radius 1 is 0.629 bits per heavy atom. The zero-order valence-electron chi connectivity index (χ0n) is 19.5. The van der Waals surface area contributed by atoms with Crippen molar-refractivity contribution < 1.29 is 0 Å². The summed E-state index contributed by atoms with van der Waals surface area (Å²) in [5.41, 5.74) is 6.85. The number of hydrogen-bond donors (Lipinski definition) is 0. The molecule has 0 aliphatic rings.